The Morgan fingerprint density at radius 2 is 1.71 bits per heavy atom. The number of carbonyl (C=O) groups excluding carboxylic acids is 1. The zero-order chi connectivity index (χ0) is 26.1. The minimum atomic E-state index is -0.117. The van der Waals surface area contributed by atoms with Crippen molar-refractivity contribution in [3.8, 4) is 11.3 Å². The third-order valence-corrected chi connectivity index (χ3v) is 9.79. The molecule has 2 fully saturated rings. The van der Waals surface area contributed by atoms with Gasteiger partial charge in [0.15, 0.2) is 5.16 Å². The van der Waals surface area contributed by atoms with E-state index in [0.717, 1.165) is 73.0 Å². The van der Waals surface area contributed by atoms with Gasteiger partial charge in [-0.05, 0) is 56.7 Å². The van der Waals surface area contributed by atoms with E-state index < -0.39 is 0 Å². The minimum Gasteiger partial charge on any atom is -0.325 e. The van der Waals surface area contributed by atoms with E-state index in [2.05, 4.69) is 29.6 Å². The van der Waals surface area contributed by atoms with Crippen LogP contribution in [0.15, 0.2) is 58.5 Å². The largest absolute Gasteiger partial charge is 0.325 e. The van der Waals surface area contributed by atoms with Gasteiger partial charge in [-0.25, -0.2) is 4.98 Å². The Hall–Kier alpha value is -2.86. The number of hydrogen-bond acceptors (Lipinski definition) is 4. The molecular formula is C32H37N3O2S. The molecule has 1 spiro atoms. The number of hydrogen-bond donors (Lipinski definition) is 1. The molecular weight excluding hydrogens is 490 g/mol. The van der Waals surface area contributed by atoms with Crippen LogP contribution in [0.5, 0.6) is 0 Å². The third-order valence-electron chi connectivity index (χ3n) is 8.83. The van der Waals surface area contributed by atoms with E-state index in [4.69, 9.17) is 4.98 Å². The molecule has 5 nitrogen and oxygen atoms in total. The van der Waals surface area contributed by atoms with Crippen molar-refractivity contribution in [2.24, 2.45) is 0 Å². The molecule has 2 aromatic carbocycles. The van der Waals surface area contributed by atoms with Gasteiger partial charge in [-0.2, -0.15) is 0 Å². The molecule has 6 heteroatoms. The van der Waals surface area contributed by atoms with Crippen molar-refractivity contribution < 1.29 is 4.79 Å². The number of carbonyl (C=O) groups is 1. The van der Waals surface area contributed by atoms with Crippen LogP contribution in [0.1, 0.15) is 86.9 Å². The first-order chi connectivity index (χ1) is 18.5. The van der Waals surface area contributed by atoms with Crippen LogP contribution in [0.4, 0.5) is 5.69 Å². The highest BCUT2D eigenvalue weighted by Crippen LogP contribution is 2.49. The van der Waals surface area contributed by atoms with Gasteiger partial charge in [0.1, 0.15) is 0 Å². The fourth-order valence-corrected chi connectivity index (χ4v) is 7.79. The van der Waals surface area contributed by atoms with Gasteiger partial charge in [-0.1, -0.05) is 92.2 Å². The lowest BCUT2D eigenvalue weighted by Gasteiger charge is -2.42. The zero-order valence-electron chi connectivity index (χ0n) is 22.3. The average Bonchev–Trinajstić information content (AvgIpc) is 2.94. The summed E-state index contributed by atoms with van der Waals surface area (Å²) in [6.45, 7) is 2.03. The van der Waals surface area contributed by atoms with Crippen molar-refractivity contribution in [1.29, 1.82) is 0 Å². The highest BCUT2D eigenvalue weighted by atomic mass is 32.2. The first-order valence-electron chi connectivity index (χ1n) is 14.3. The number of rotatable bonds is 5. The monoisotopic (exact) mass is 527 g/mol. The number of aromatic nitrogens is 2. The van der Waals surface area contributed by atoms with Crippen LogP contribution in [-0.2, 0) is 16.6 Å². The summed E-state index contributed by atoms with van der Waals surface area (Å²) < 4.78 is 2.01. The quantitative estimate of drug-likeness (QED) is 0.281. The second-order valence-electron chi connectivity index (χ2n) is 11.5. The molecule has 0 bridgehead atoms. The molecule has 2 saturated carbocycles. The minimum absolute atomic E-state index is 0.0785. The van der Waals surface area contributed by atoms with Gasteiger partial charge in [-0.15, -0.1) is 0 Å². The van der Waals surface area contributed by atoms with Crippen molar-refractivity contribution in [2.75, 3.05) is 11.1 Å². The van der Waals surface area contributed by atoms with Crippen molar-refractivity contribution in [1.82, 2.24) is 9.55 Å². The van der Waals surface area contributed by atoms with Gasteiger partial charge in [0.2, 0.25) is 5.91 Å². The number of nitrogens with one attached hydrogen (secondary N) is 1. The summed E-state index contributed by atoms with van der Waals surface area (Å²) in [6, 6.07) is 16.5. The summed E-state index contributed by atoms with van der Waals surface area (Å²) in [7, 11) is 0. The summed E-state index contributed by atoms with van der Waals surface area (Å²) in [5.41, 5.74) is 6.20. The van der Waals surface area contributed by atoms with Gasteiger partial charge in [0, 0.05) is 22.7 Å². The van der Waals surface area contributed by atoms with Crippen molar-refractivity contribution in [2.45, 2.75) is 94.2 Å². The van der Waals surface area contributed by atoms with Gasteiger partial charge < -0.3 is 5.32 Å². The summed E-state index contributed by atoms with van der Waals surface area (Å²) >= 11 is 1.41. The van der Waals surface area contributed by atoms with E-state index in [1.165, 1.54) is 43.0 Å². The van der Waals surface area contributed by atoms with Crippen molar-refractivity contribution in [3.63, 3.8) is 0 Å². The lowest BCUT2D eigenvalue weighted by Crippen LogP contribution is -2.44. The van der Waals surface area contributed by atoms with Crippen LogP contribution in [0.2, 0.25) is 0 Å². The van der Waals surface area contributed by atoms with Gasteiger partial charge in [0.25, 0.3) is 5.56 Å². The van der Waals surface area contributed by atoms with E-state index in [0.29, 0.717) is 5.16 Å². The zero-order valence-corrected chi connectivity index (χ0v) is 23.1. The molecule has 0 radical (unpaired) electrons. The Balaban J connectivity index is 1.41. The maximum absolute atomic E-state index is 14.6. The fourth-order valence-electron chi connectivity index (χ4n) is 6.93. The van der Waals surface area contributed by atoms with Crippen LogP contribution >= 0.6 is 11.8 Å². The Labute approximate surface area is 229 Å². The third kappa shape index (κ3) is 4.84. The first-order valence-corrected chi connectivity index (χ1v) is 15.3. The second-order valence-corrected chi connectivity index (χ2v) is 12.4. The molecule has 1 N–H and O–H groups in total. The van der Waals surface area contributed by atoms with Crippen molar-refractivity contribution in [3.05, 3.63) is 75.6 Å². The van der Waals surface area contributed by atoms with E-state index >= 15 is 0 Å². The second kappa shape index (κ2) is 10.7. The molecule has 0 saturated heterocycles. The van der Waals surface area contributed by atoms with E-state index in [1.54, 1.807) is 0 Å². The van der Waals surface area contributed by atoms with E-state index in [1.807, 2.05) is 35.8 Å². The van der Waals surface area contributed by atoms with Crippen LogP contribution in [0, 0.1) is 6.92 Å². The van der Waals surface area contributed by atoms with Crippen molar-refractivity contribution >= 4 is 23.4 Å². The number of aryl methyl sites for hydroxylation is 1. The standard InChI is InChI=1S/C32H37N3O2S/c1-22-14-16-24(17-15-22)33-27(36)21-38-31-34-29-26-13-7-6-10-23(26)20-32(18-8-3-9-19-32)28(29)30(37)35(31)25-11-4-2-5-12-25/h6-7,10,13-17,25H,2-5,8-9,11-12,18-21H2,1H3,(H,33,36). The molecule has 0 aliphatic heterocycles. The first kappa shape index (κ1) is 25.4. The van der Waals surface area contributed by atoms with Gasteiger partial charge >= 0.3 is 0 Å². The number of fused-ring (bicyclic) bond motifs is 4. The molecule has 0 unspecified atom stereocenters. The lowest BCUT2D eigenvalue weighted by atomic mass is 9.62. The number of anilines is 1. The lowest BCUT2D eigenvalue weighted by molar-refractivity contribution is -0.113. The summed E-state index contributed by atoms with van der Waals surface area (Å²) in [4.78, 5) is 32.8. The molecule has 1 heterocycles. The number of benzene rings is 2. The number of thioether (sulfide) groups is 1. The van der Waals surface area contributed by atoms with E-state index in [9.17, 15) is 9.59 Å². The number of nitrogens with zero attached hydrogens (tertiary/aromatic N) is 2. The molecule has 1 aromatic heterocycles. The molecule has 38 heavy (non-hydrogen) atoms. The predicted octanol–water partition coefficient (Wildman–Crippen LogP) is 7.21. The summed E-state index contributed by atoms with van der Waals surface area (Å²) in [5.74, 6) is 0.142. The summed E-state index contributed by atoms with van der Waals surface area (Å²) in [5, 5.41) is 3.70. The Bertz CT molecular complexity index is 1380. The predicted molar refractivity (Wildman–Crippen MR) is 155 cm³/mol. The van der Waals surface area contributed by atoms with Gasteiger partial charge in [-0.3, -0.25) is 14.2 Å². The maximum Gasteiger partial charge on any atom is 0.258 e. The average molecular weight is 528 g/mol. The topological polar surface area (TPSA) is 64.0 Å². The fraction of sp³-hybridized carbons (Fsp3) is 0.469. The van der Waals surface area contributed by atoms with Gasteiger partial charge in [0.05, 0.1) is 17.0 Å². The molecule has 3 aliphatic carbocycles. The highest BCUT2D eigenvalue weighted by molar-refractivity contribution is 7.99. The van der Waals surface area contributed by atoms with Crippen LogP contribution in [-0.4, -0.2) is 21.2 Å². The van der Waals surface area contributed by atoms with Crippen LogP contribution in [0.3, 0.4) is 0 Å². The highest BCUT2D eigenvalue weighted by Gasteiger charge is 2.44. The Kier molecular flexibility index (Phi) is 7.17. The van der Waals surface area contributed by atoms with E-state index in [-0.39, 0.29) is 28.7 Å². The molecule has 1 amide bonds. The number of amides is 1. The van der Waals surface area contributed by atoms with Crippen LogP contribution < -0.4 is 10.9 Å². The maximum atomic E-state index is 14.6. The molecule has 3 aliphatic rings. The Morgan fingerprint density at radius 3 is 2.47 bits per heavy atom. The summed E-state index contributed by atoms with van der Waals surface area (Å²) in [6.07, 6.45) is 12.1. The molecule has 0 atom stereocenters. The Morgan fingerprint density at radius 1 is 1.00 bits per heavy atom. The molecule has 198 valence electrons. The van der Waals surface area contributed by atoms with Crippen LogP contribution in [0.25, 0.3) is 11.3 Å². The normalized spacial score (nSPS) is 18.6. The molecule has 3 aromatic rings. The smallest absolute Gasteiger partial charge is 0.258 e. The molecule has 6 rings (SSSR count). The SMILES string of the molecule is Cc1ccc(NC(=O)CSc2nc3c(c(=O)n2C2CCCCC2)C2(CCCCC2)Cc2ccccc2-3)cc1.